The van der Waals surface area contributed by atoms with Crippen molar-refractivity contribution in [3.63, 3.8) is 0 Å². The van der Waals surface area contributed by atoms with Crippen LogP contribution in [-0.4, -0.2) is 29.3 Å². The van der Waals surface area contributed by atoms with E-state index in [-0.39, 0.29) is 29.9 Å². The highest BCUT2D eigenvalue weighted by Crippen LogP contribution is 2.34. The zero-order valence-corrected chi connectivity index (χ0v) is 13.6. The lowest BCUT2D eigenvalue weighted by atomic mass is 9.80. The van der Waals surface area contributed by atoms with Crippen molar-refractivity contribution in [3.05, 3.63) is 29.8 Å². The van der Waals surface area contributed by atoms with Gasteiger partial charge in [-0.25, -0.2) is 4.79 Å². The molecule has 0 bridgehead atoms. The number of carboxylic acids is 1. The number of nitrogens with zero attached hydrogens (tertiary/aromatic N) is 1. The van der Waals surface area contributed by atoms with Crippen LogP contribution in [0.5, 0.6) is 0 Å². The summed E-state index contributed by atoms with van der Waals surface area (Å²) >= 11 is 1.60. The van der Waals surface area contributed by atoms with Gasteiger partial charge >= 0.3 is 5.97 Å². The first-order valence-corrected chi connectivity index (χ1v) is 8.71. The molecule has 2 rings (SSSR count). The molecule has 23 heavy (non-hydrogen) atoms. The van der Waals surface area contributed by atoms with Gasteiger partial charge in [0, 0.05) is 16.6 Å². The van der Waals surface area contributed by atoms with Crippen molar-refractivity contribution in [2.45, 2.75) is 30.6 Å². The van der Waals surface area contributed by atoms with Crippen molar-refractivity contribution in [1.82, 2.24) is 5.32 Å². The highest BCUT2D eigenvalue weighted by Gasteiger charge is 2.30. The minimum absolute atomic E-state index is 0.0314. The standard InChI is InChI=1S/C17H20N2O3S/c18-8-9-19-16(20)15-7-2-1-4-13(15)11-23-14-6-3-5-12(10-14)17(21)22/h3,5-6,10,13,15H,1-2,4,7,9,11H2,(H,19,20)(H,21,22)/t13-,15+/m0/s1. The normalized spacial score (nSPS) is 20.5. The lowest BCUT2D eigenvalue weighted by molar-refractivity contribution is -0.127. The summed E-state index contributed by atoms with van der Waals surface area (Å²) < 4.78 is 0. The van der Waals surface area contributed by atoms with Gasteiger partial charge in [-0.1, -0.05) is 18.9 Å². The first-order valence-electron chi connectivity index (χ1n) is 7.72. The number of thioether (sulfide) groups is 1. The van der Waals surface area contributed by atoms with Crippen LogP contribution in [0.1, 0.15) is 36.0 Å². The van der Waals surface area contributed by atoms with Gasteiger partial charge in [0.1, 0.15) is 6.54 Å². The van der Waals surface area contributed by atoms with Crippen molar-refractivity contribution in [1.29, 1.82) is 5.26 Å². The van der Waals surface area contributed by atoms with Crippen molar-refractivity contribution in [3.8, 4) is 6.07 Å². The molecule has 0 unspecified atom stereocenters. The first kappa shape index (κ1) is 17.4. The van der Waals surface area contributed by atoms with Crippen LogP contribution in [0.2, 0.25) is 0 Å². The Kier molecular flexibility index (Phi) is 6.48. The molecule has 1 saturated carbocycles. The minimum Gasteiger partial charge on any atom is -0.478 e. The van der Waals surface area contributed by atoms with Gasteiger partial charge in [0.25, 0.3) is 0 Å². The number of hydrogen-bond acceptors (Lipinski definition) is 4. The average Bonchev–Trinajstić information content (AvgIpc) is 2.58. The van der Waals surface area contributed by atoms with Crippen LogP contribution in [-0.2, 0) is 4.79 Å². The molecule has 1 aliphatic carbocycles. The van der Waals surface area contributed by atoms with E-state index < -0.39 is 5.97 Å². The smallest absolute Gasteiger partial charge is 0.335 e. The van der Waals surface area contributed by atoms with Crippen LogP contribution in [0, 0.1) is 23.2 Å². The molecule has 2 atom stereocenters. The number of carboxylic acid groups (broad SMARTS) is 1. The second kappa shape index (κ2) is 8.59. The van der Waals surface area contributed by atoms with Crippen LogP contribution >= 0.6 is 11.8 Å². The zero-order chi connectivity index (χ0) is 16.7. The molecule has 0 aromatic heterocycles. The highest BCUT2D eigenvalue weighted by molar-refractivity contribution is 7.99. The summed E-state index contributed by atoms with van der Waals surface area (Å²) in [6, 6.07) is 8.81. The lowest BCUT2D eigenvalue weighted by Gasteiger charge is -2.30. The minimum atomic E-state index is -0.932. The van der Waals surface area contributed by atoms with Gasteiger partial charge in [0.05, 0.1) is 11.6 Å². The van der Waals surface area contributed by atoms with Crippen molar-refractivity contribution < 1.29 is 14.7 Å². The molecule has 0 aliphatic heterocycles. The number of benzene rings is 1. The predicted molar refractivity (Wildman–Crippen MR) is 88.2 cm³/mol. The Balaban J connectivity index is 1.97. The maximum absolute atomic E-state index is 12.2. The Morgan fingerprint density at radius 2 is 2.13 bits per heavy atom. The number of nitrogens with one attached hydrogen (secondary N) is 1. The average molecular weight is 332 g/mol. The van der Waals surface area contributed by atoms with Crippen LogP contribution in [0.25, 0.3) is 0 Å². The molecule has 0 heterocycles. The second-order valence-electron chi connectivity index (χ2n) is 5.67. The summed E-state index contributed by atoms with van der Waals surface area (Å²) in [5.41, 5.74) is 0.280. The van der Waals surface area contributed by atoms with E-state index in [1.165, 1.54) is 0 Å². The first-order chi connectivity index (χ1) is 11.1. The second-order valence-corrected chi connectivity index (χ2v) is 6.76. The maximum atomic E-state index is 12.2. The fraction of sp³-hybridized carbons (Fsp3) is 0.471. The number of aromatic carboxylic acids is 1. The fourth-order valence-corrected chi connectivity index (χ4v) is 4.12. The molecule has 1 fully saturated rings. The molecule has 1 aromatic carbocycles. The SMILES string of the molecule is N#CCNC(=O)[C@@H]1CCCC[C@H]1CSc1cccc(C(=O)O)c1. The molecule has 1 aliphatic rings. The summed E-state index contributed by atoms with van der Waals surface area (Å²) in [5.74, 6) is 0.0384. The number of carbonyl (C=O) groups excluding carboxylic acids is 1. The van der Waals surface area contributed by atoms with Gasteiger partial charge in [-0.2, -0.15) is 5.26 Å². The van der Waals surface area contributed by atoms with Crippen molar-refractivity contribution in [2.24, 2.45) is 11.8 Å². The van der Waals surface area contributed by atoms with E-state index >= 15 is 0 Å². The predicted octanol–water partition coefficient (Wildman–Crippen LogP) is 2.92. The Morgan fingerprint density at radius 3 is 2.87 bits per heavy atom. The van der Waals surface area contributed by atoms with Gasteiger partial charge in [0.15, 0.2) is 0 Å². The number of hydrogen-bond donors (Lipinski definition) is 2. The summed E-state index contributed by atoms with van der Waals surface area (Å²) in [6.45, 7) is 0.0514. The van der Waals surface area contributed by atoms with Gasteiger partial charge in [-0.3, -0.25) is 4.79 Å². The largest absolute Gasteiger partial charge is 0.478 e. The Labute approximate surface area is 140 Å². The van der Waals surface area contributed by atoms with Gasteiger partial charge < -0.3 is 10.4 Å². The lowest BCUT2D eigenvalue weighted by Crippen LogP contribution is -2.37. The van der Waals surface area contributed by atoms with E-state index in [4.69, 9.17) is 10.4 Å². The summed E-state index contributed by atoms with van der Waals surface area (Å²) in [6.07, 6.45) is 4.01. The van der Waals surface area contributed by atoms with E-state index in [2.05, 4.69) is 5.32 Å². The Bertz CT molecular complexity index is 612. The Morgan fingerprint density at radius 1 is 1.35 bits per heavy atom. The molecule has 0 spiro atoms. The zero-order valence-electron chi connectivity index (χ0n) is 12.8. The number of nitriles is 1. The van der Waals surface area contributed by atoms with E-state index in [1.807, 2.05) is 12.1 Å². The van der Waals surface area contributed by atoms with Crippen LogP contribution in [0.4, 0.5) is 0 Å². The monoisotopic (exact) mass is 332 g/mol. The topological polar surface area (TPSA) is 90.2 Å². The van der Waals surface area contributed by atoms with E-state index in [1.54, 1.807) is 30.0 Å². The fourth-order valence-electron chi connectivity index (χ4n) is 2.93. The van der Waals surface area contributed by atoms with Gasteiger partial charge in [0.2, 0.25) is 5.91 Å². The quantitative estimate of drug-likeness (QED) is 0.617. The van der Waals surface area contributed by atoms with Crippen molar-refractivity contribution in [2.75, 3.05) is 12.3 Å². The maximum Gasteiger partial charge on any atom is 0.335 e. The molecule has 122 valence electrons. The van der Waals surface area contributed by atoms with Crippen LogP contribution in [0.3, 0.4) is 0 Å². The van der Waals surface area contributed by atoms with E-state index in [9.17, 15) is 9.59 Å². The molecule has 2 N–H and O–H groups in total. The Hall–Kier alpha value is -2.00. The van der Waals surface area contributed by atoms with Crippen LogP contribution in [0.15, 0.2) is 29.2 Å². The number of carbonyl (C=O) groups is 2. The third-order valence-corrected chi connectivity index (χ3v) is 5.31. The van der Waals surface area contributed by atoms with Crippen LogP contribution < -0.4 is 5.32 Å². The number of rotatable bonds is 6. The molecule has 0 saturated heterocycles. The summed E-state index contributed by atoms with van der Waals surface area (Å²) in [5, 5.41) is 20.3. The molecule has 6 heteroatoms. The van der Waals surface area contributed by atoms with Gasteiger partial charge in [-0.05, 0) is 37.0 Å². The molecular formula is C17H20N2O3S. The third-order valence-electron chi connectivity index (χ3n) is 4.13. The van der Waals surface area contributed by atoms with Gasteiger partial charge in [-0.15, -0.1) is 11.8 Å². The summed E-state index contributed by atoms with van der Waals surface area (Å²) in [7, 11) is 0. The third kappa shape index (κ3) is 5.00. The molecular weight excluding hydrogens is 312 g/mol. The highest BCUT2D eigenvalue weighted by atomic mass is 32.2. The molecule has 0 radical (unpaired) electrons. The summed E-state index contributed by atoms with van der Waals surface area (Å²) in [4.78, 5) is 24.1. The van der Waals surface area contributed by atoms with E-state index in [0.717, 1.165) is 36.3 Å². The molecule has 1 aromatic rings. The van der Waals surface area contributed by atoms with Crippen molar-refractivity contribution >= 4 is 23.6 Å². The molecule has 1 amide bonds. The molecule has 5 nitrogen and oxygen atoms in total. The van der Waals surface area contributed by atoms with E-state index in [0.29, 0.717) is 0 Å². The number of amides is 1.